The van der Waals surface area contributed by atoms with E-state index in [0.717, 1.165) is 17.7 Å². The molecule has 112 valence electrons. The van der Waals surface area contributed by atoms with Gasteiger partial charge in [-0.15, -0.1) is 0 Å². The molecule has 0 unspecified atom stereocenters. The van der Waals surface area contributed by atoms with Crippen LogP contribution in [0.2, 0.25) is 0 Å². The smallest absolute Gasteiger partial charge is 0.200 e. The molecule has 0 atom stereocenters. The lowest BCUT2D eigenvalue weighted by Gasteiger charge is -2.14. The largest absolute Gasteiger partial charge is 0.502 e. The van der Waals surface area contributed by atoms with Crippen molar-refractivity contribution in [2.24, 2.45) is 0 Å². The Bertz CT molecular complexity index is 586. The molecule has 0 aromatic heterocycles. The molecule has 0 aliphatic carbocycles. The molecule has 0 aliphatic rings. The van der Waals surface area contributed by atoms with Gasteiger partial charge in [0.05, 0.1) is 14.2 Å². The number of ether oxygens (including phenoxy) is 2. The maximum Gasteiger partial charge on any atom is 0.200 e. The third-order valence-electron chi connectivity index (χ3n) is 3.42. The van der Waals surface area contributed by atoms with E-state index in [1.54, 1.807) is 12.1 Å². The number of para-hydroxylation sites is 1. The lowest BCUT2D eigenvalue weighted by molar-refractivity contribution is 0.339. The Morgan fingerprint density at radius 3 is 2.24 bits per heavy atom. The maximum absolute atomic E-state index is 9.91. The van der Waals surface area contributed by atoms with Gasteiger partial charge in [-0.25, -0.2) is 0 Å². The van der Waals surface area contributed by atoms with Crippen LogP contribution >= 0.6 is 0 Å². The summed E-state index contributed by atoms with van der Waals surface area (Å²) >= 11 is 0. The van der Waals surface area contributed by atoms with Crippen molar-refractivity contribution in [3.63, 3.8) is 0 Å². The van der Waals surface area contributed by atoms with E-state index in [4.69, 9.17) is 9.47 Å². The first-order chi connectivity index (χ1) is 10.2. The number of rotatable bonds is 6. The Hall–Kier alpha value is -2.36. The molecule has 4 nitrogen and oxygen atoms in total. The second kappa shape index (κ2) is 6.88. The van der Waals surface area contributed by atoms with E-state index in [-0.39, 0.29) is 5.75 Å². The summed E-state index contributed by atoms with van der Waals surface area (Å²) in [5, 5.41) is 13.3. The molecule has 21 heavy (non-hydrogen) atoms. The van der Waals surface area contributed by atoms with Crippen LogP contribution in [0.1, 0.15) is 18.1 Å². The SMILES string of the molecule is CCc1ccccc1NCc1cc(OC)c(O)c(OC)c1. The molecular weight excluding hydrogens is 266 g/mol. The number of phenolic OH excluding ortho intramolecular Hbond substituents is 1. The van der Waals surface area contributed by atoms with Gasteiger partial charge in [0.25, 0.3) is 0 Å². The van der Waals surface area contributed by atoms with Crippen LogP contribution in [0.3, 0.4) is 0 Å². The summed E-state index contributed by atoms with van der Waals surface area (Å²) in [5.74, 6) is 0.850. The highest BCUT2D eigenvalue weighted by Gasteiger charge is 2.11. The molecule has 2 aromatic rings. The molecule has 0 spiro atoms. The lowest BCUT2D eigenvalue weighted by Crippen LogP contribution is -2.03. The van der Waals surface area contributed by atoms with Gasteiger partial charge in [-0.05, 0) is 35.7 Å². The fourth-order valence-corrected chi connectivity index (χ4v) is 2.25. The Labute approximate surface area is 125 Å². The van der Waals surface area contributed by atoms with Crippen molar-refractivity contribution in [3.05, 3.63) is 47.5 Å². The monoisotopic (exact) mass is 287 g/mol. The van der Waals surface area contributed by atoms with Crippen molar-refractivity contribution in [2.45, 2.75) is 19.9 Å². The molecule has 0 heterocycles. The fraction of sp³-hybridized carbons (Fsp3) is 0.294. The number of hydrogen-bond donors (Lipinski definition) is 2. The van der Waals surface area contributed by atoms with Crippen molar-refractivity contribution < 1.29 is 14.6 Å². The van der Waals surface area contributed by atoms with Crippen LogP contribution in [0.15, 0.2) is 36.4 Å². The van der Waals surface area contributed by atoms with Gasteiger partial charge < -0.3 is 19.9 Å². The number of aryl methyl sites for hydroxylation is 1. The fourth-order valence-electron chi connectivity index (χ4n) is 2.25. The molecule has 0 amide bonds. The summed E-state index contributed by atoms with van der Waals surface area (Å²) < 4.78 is 10.3. The molecule has 0 saturated heterocycles. The Morgan fingerprint density at radius 1 is 1.05 bits per heavy atom. The second-order valence-electron chi connectivity index (χ2n) is 4.71. The van der Waals surface area contributed by atoms with Crippen LogP contribution in [-0.2, 0) is 13.0 Å². The summed E-state index contributed by atoms with van der Waals surface area (Å²) in [6.07, 6.45) is 0.978. The van der Waals surface area contributed by atoms with E-state index >= 15 is 0 Å². The summed E-state index contributed by atoms with van der Waals surface area (Å²) in [5.41, 5.74) is 3.37. The highest BCUT2D eigenvalue weighted by atomic mass is 16.5. The second-order valence-corrected chi connectivity index (χ2v) is 4.71. The Morgan fingerprint density at radius 2 is 1.67 bits per heavy atom. The molecule has 0 fully saturated rings. The molecular formula is C17H21NO3. The van der Waals surface area contributed by atoms with Crippen molar-refractivity contribution in [3.8, 4) is 17.2 Å². The molecule has 0 aliphatic heterocycles. The van der Waals surface area contributed by atoms with Crippen LogP contribution in [0.25, 0.3) is 0 Å². The minimum atomic E-state index is 0.0257. The number of benzene rings is 2. The van der Waals surface area contributed by atoms with Gasteiger partial charge in [-0.1, -0.05) is 25.1 Å². The van der Waals surface area contributed by atoms with Gasteiger partial charge in [-0.3, -0.25) is 0 Å². The number of methoxy groups -OCH3 is 2. The summed E-state index contributed by atoms with van der Waals surface area (Å²) in [7, 11) is 3.05. The first kappa shape index (κ1) is 15.0. The maximum atomic E-state index is 9.91. The van der Waals surface area contributed by atoms with Crippen LogP contribution in [0.5, 0.6) is 17.2 Å². The first-order valence-electron chi connectivity index (χ1n) is 6.95. The zero-order chi connectivity index (χ0) is 15.2. The van der Waals surface area contributed by atoms with E-state index in [2.05, 4.69) is 24.4 Å². The van der Waals surface area contributed by atoms with Gasteiger partial charge in [0.1, 0.15) is 0 Å². The first-order valence-corrected chi connectivity index (χ1v) is 6.95. The molecule has 2 rings (SSSR count). The number of anilines is 1. The number of nitrogens with one attached hydrogen (secondary N) is 1. The van der Waals surface area contributed by atoms with Gasteiger partial charge in [0.15, 0.2) is 11.5 Å². The average Bonchev–Trinajstić information content (AvgIpc) is 2.54. The summed E-state index contributed by atoms with van der Waals surface area (Å²) in [4.78, 5) is 0. The molecule has 0 saturated carbocycles. The number of aromatic hydroxyl groups is 1. The zero-order valence-corrected chi connectivity index (χ0v) is 12.6. The molecule has 4 heteroatoms. The molecule has 0 radical (unpaired) electrons. The summed E-state index contributed by atoms with van der Waals surface area (Å²) in [6, 6.07) is 11.8. The van der Waals surface area contributed by atoms with Crippen LogP contribution in [0.4, 0.5) is 5.69 Å². The number of hydrogen-bond acceptors (Lipinski definition) is 4. The van der Waals surface area contributed by atoms with E-state index < -0.39 is 0 Å². The van der Waals surface area contributed by atoms with E-state index in [1.165, 1.54) is 19.8 Å². The minimum absolute atomic E-state index is 0.0257. The van der Waals surface area contributed by atoms with Crippen molar-refractivity contribution in [1.82, 2.24) is 0 Å². The third-order valence-corrected chi connectivity index (χ3v) is 3.42. The predicted octanol–water partition coefficient (Wildman–Crippen LogP) is 3.58. The molecule has 0 bridgehead atoms. The number of phenols is 1. The Kier molecular flexibility index (Phi) is 4.93. The normalized spacial score (nSPS) is 10.2. The van der Waals surface area contributed by atoms with Crippen LogP contribution in [-0.4, -0.2) is 19.3 Å². The lowest BCUT2D eigenvalue weighted by atomic mass is 10.1. The van der Waals surface area contributed by atoms with Crippen LogP contribution < -0.4 is 14.8 Å². The van der Waals surface area contributed by atoms with E-state index in [0.29, 0.717) is 18.0 Å². The zero-order valence-electron chi connectivity index (χ0n) is 12.6. The van der Waals surface area contributed by atoms with Crippen molar-refractivity contribution in [2.75, 3.05) is 19.5 Å². The topological polar surface area (TPSA) is 50.7 Å². The highest BCUT2D eigenvalue weighted by molar-refractivity contribution is 5.55. The Balaban J connectivity index is 2.20. The van der Waals surface area contributed by atoms with Gasteiger partial charge in [-0.2, -0.15) is 0 Å². The van der Waals surface area contributed by atoms with Gasteiger partial charge in [0.2, 0.25) is 5.75 Å². The van der Waals surface area contributed by atoms with Crippen molar-refractivity contribution >= 4 is 5.69 Å². The molecule has 2 aromatic carbocycles. The summed E-state index contributed by atoms with van der Waals surface area (Å²) in [6.45, 7) is 2.76. The van der Waals surface area contributed by atoms with Crippen molar-refractivity contribution in [1.29, 1.82) is 0 Å². The standard InChI is InChI=1S/C17H21NO3/c1-4-13-7-5-6-8-14(13)18-11-12-9-15(20-2)17(19)16(10-12)21-3/h5-10,18-19H,4,11H2,1-3H3. The minimum Gasteiger partial charge on any atom is -0.502 e. The van der Waals surface area contributed by atoms with Gasteiger partial charge >= 0.3 is 0 Å². The average molecular weight is 287 g/mol. The van der Waals surface area contributed by atoms with Gasteiger partial charge in [0, 0.05) is 12.2 Å². The third kappa shape index (κ3) is 3.40. The molecule has 2 N–H and O–H groups in total. The highest BCUT2D eigenvalue weighted by Crippen LogP contribution is 2.37. The van der Waals surface area contributed by atoms with E-state index in [1.807, 2.05) is 12.1 Å². The predicted molar refractivity (Wildman–Crippen MR) is 84.4 cm³/mol. The quantitative estimate of drug-likeness (QED) is 0.852. The van der Waals surface area contributed by atoms with E-state index in [9.17, 15) is 5.11 Å². The van der Waals surface area contributed by atoms with Crippen LogP contribution in [0, 0.1) is 0 Å².